The van der Waals surface area contributed by atoms with Crippen molar-refractivity contribution < 1.29 is 4.39 Å². The summed E-state index contributed by atoms with van der Waals surface area (Å²) in [6.07, 6.45) is 0.722. The Balaban J connectivity index is 3.32. The minimum Gasteiger partial charge on any atom is -0.378 e. The molecule has 3 nitrogen and oxygen atoms in total. The largest absolute Gasteiger partial charge is 0.378 e. The number of nitrogens with one attached hydrogen (secondary N) is 1. The van der Waals surface area contributed by atoms with E-state index in [0.29, 0.717) is 11.6 Å². The smallest absolute Gasteiger partial charge is 0.276 e. The summed E-state index contributed by atoms with van der Waals surface area (Å²) in [5.74, 6) is -0.0358. The van der Waals surface area contributed by atoms with E-state index in [0.717, 1.165) is 6.42 Å². The van der Waals surface area contributed by atoms with Crippen molar-refractivity contribution in [2.75, 3.05) is 5.32 Å². The zero-order valence-corrected chi connectivity index (χ0v) is 15.2. The Labute approximate surface area is 133 Å². The second kappa shape index (κ2) is 6.43. The first-order valence-corrected chi connectivity index (χ1v) is 8.07. The number of hydrogen-bond donors (Lipinski definition) is 1. The highest BCUT2D eigenvalue weighted by Gasteiger charge is 2.34. The molecule has 0 aromatic carbocycles. The summed E-state index contributed by atoms with van der Waals surface area (Å²) in [4.78, 5) is 12.7. The molecule has 4 heteroatoms. The first-order valence-electron chi connectivity index (χ1n) is 8.07. The molecule has 0 aliphatic heterocycles. The van der Waals surface area contributed by atoms with Crippen molar-refractivity contribution >= 4 is 5.69 Å². The molecular formula is C18H31FN2O. The zero-order valence-electron chi connectivity index (χ0n) is 15.2. The van der Waals surface area contributed by atoms with E-state index in [2.05, 4.69) is 33.0 Å². The van der Waals surface area contributed by atoms with Gasteiger partial charge in [-0.3, -0.25) is 9.36 Å². The Hall–Kier alpha value is -1.32. The summed E-state index contributed by atoms with van der Waals surface area (Å²) >= 11 is 0. The Morgan fingerprint density at radius 3 is 2.14 bits per heavy atom. The highest BCUT2D eigenvalue weighted by molar-refractivity contribution is 5.41. The molecule has 1 aromatic heterocycles. The van der Waals surface area contributed by atoms with Crippen LogP contribution in [0.3, 0.4) is 0 Å². The van der Waals surface area contributed by atoms with Crippen LogP contribution in [0.4, 0.5) is 10.1 Å². The third kappa shape index (κ3) is 4.11. The maximum absolute atomic E-state index is 14.4. The average molecular weight is 310 g/mol. The second-order valence-corrected chi connectivity index (χ2v) is 8.14. The number of aromatic nitrogens is 1. The van der Waals surface area contributed by atoms with Gasteiger partial charge < -0.3 is 5.32 Å². The molecule has 0 aliphatic rings. The van der Waals surface area contributed by atoms with Crippen LogP contribution in [0.15, 0.2) is 16.9 Å². The van der Waals surface area contributed by atoms with E-state index in [1.54, 1.807) is 0 Å². The summed E-state index contributed by atoms with van der Waals surface area (Å²) in [6.45, 7) is 16.4. The van der Waals surface area contributed by atoms with Crippen LogP contribution in [0.5, 0.6) is 0 Å². The third-order valence-electron chi connectivity index (χ3n) is 4.54. The molecule has 1 N–H and O–H groups in total. The van der Waals surface area contributed by atoms with Gasteiger partial charge in [-0.05, 0) is 57.6 Å². The van der Waals surface area contributed by atoms with Gasteiger partial charge >= 0.3 is 0 Å². The fourth-order valence-electron chi connectivity index (χ4n) is 2.90. The lowest BCUT2D eigenvalue weighted by Gasteiger charge is -2.39. The van der Waals surface area contributed by atoms with Crippen molar-refractivity contribution in [1.82, 2.24) is 4.57 Å². The highest BCUT2D eigenvalue weighted by atomic mass is 19.1. The molecule has 0 radical (unpaired) electrons. The Morgan fingerprint density at radius 2 is 1.68 bits per heavy atom. The summed E-state index contributed by atoms with van der Waals surface area (Å²) < 4.78 is 15.7. The molecule has 1 heterocycles. The van der Waals surface area contributed by atoms with Crippen molar-refractivity contribution in [3.63, 3.8) is 0 Å². The van der Waals surface area contributed by atoms with Gasteiger partial charge in [0.1, 0.15) is 5.69 Å². The van der Waals surface area contributed by atoms with Gasteiger partial charge in [-0.1, -0.05) is 27.7 Å². The molecule has 126 valence electrons. The molecule has 0 unspecified atom stereocenters. The summed E-state index contributed by atoms with van der Waals surface area (Å²) in [7, 11) is 0. The lowest BCUT2D eigenvalue weighted by molar-refractivity contribution is 0.131. The van der Waals surface area contributed by atoms with Crippen LogP contribution in [0.1, 0.15) is 61.8 Å². The average Bonchev–Trinajstić information content (AvgIpc) is 2.30. The Kier molecular flexibility index (Phi) is 5.47. The molecule has 1 aromatic rings. The second-order valence-electron chi connectivity index (χ2n) is 8.14. The topological polar surface area (TPSA) is 34.0 Å². The molecule has 0 bridgehead atoms. The first-order chi connectivity index (χ1) is 9.88. The van der Waals surface area contributed by atoms with E-state index in [1.807, 2.05) is 27.7 Å². The lowest BCUT2D eigenvalue weighted by atomic mass is 9.72. The standard InChI is InChI=1S/C18H31FN2O/c1-12(2)17(5,6)11-18(7,8)21-15(19)10-9-14(16(21)22)20-13(3)4/h9-10,12-13,20H,11H2,1-8H3. The summed E-state index contributed by atoms with van der Waals surface area (Å²) in [5.41, 5.74) is -0.425. The van der Waals surface area contributed by atoms with Crippen molar-refractivity contribution in [2.45, 2.75) is 73.4 Å². The van der Waals surface area contributed by atoms with E-state index < -0.39 is 11.5 Å². The van der Waals surface area contributed by atoms with Gasteiger partial charge in [-0.2, -0.15) is 4.39 Å². The van der Waals surface area contributed by atoms with Gasteiger partial charge in [0.2, 0.25) is 0 Å². The fraction of sp³-hybridized carbons (Fsp3) is 0.722. The number of nitrogens with zero attached hydrogens (tertiary/aromatic N) is 1. The molecule has 0 amide bonds. The maximum atomic E-state index is 14.4. The quantitative estimate of drug-likeness (QED) is 0.778. The van der Waals surface area contributed by atoms with Crippen LogP contribution in [-0.2, 0) is 5.54 Å². The van der Waals surface area contributed by atoms with Crippen LogP contribution in [-0.4, -0.2) is 10.6 Å². The van der Waals surface area contributed by atoms with Crippen LogP contribution in [0, 0.1) is 17.3 Å². The normalized spacial score (nSPS) is 13.0. The van der Waals surface area contributed by atoms with Crippen LogP contribution >= 0.6 is 0 Å². The highest BCUT2D eigenvalue weighted by Crippen LogP contribution is 2.38. The van der Waals surface area contributed by atoms with Gasteiger partial charge in [0.15, 0.2) is 5.95 Å². The summed E-state index contributed by atoms with van der Waals surface area (Å²) in [6, 6.07) is 3.02. The minimum atomic E-state index is -0.594. The van der Waals surface area contributed by atoms with E-state index in [1.165, 1.54) is 16.7 Å². The van der Waals surface area contributed by atoms with Crippen molar-refractivity contribution in [2.24, 2.45) is 11.3 Å². The van der Waals surface area contributed by atoms with Crippen LogP contribution < -0.4 is 10.9 Å². The Bertz CT molecular complexity index is 571. The molecule has 0 aliphatic carbocycles. The van der Waals surface area contributed by atoms with Gasteiger partial charge in [-0.15, -0.1) is 0 Å². The van der Waals surface area contributed by atoms with Gasteiger partial charge in [0.05, 0.1) is 0 Å². The molecule has 0 fully saturated rings. The van der Waals surface area contributed by atoms with Crippen molar-refractivity contribution in [1.29, 1.82) is 0 Å². The fourth-order valence-corrected chi connectivity index (χ4v) is 2.90. The van der Waals surface area contributed by atoms with Crippen molar-refractivity contribution in [3.8, 4) is 0 Å². The van der Waals surface area contributed by atoms with Gasteiger partial charge in [0.25, 0.3) is 5.56 Å². The molecule has 0 atom stereocenters. The van der Waals surface area contributed by atoms with Crippen LogP contribution in [0.25, 0.3) is 0 Å². The van der Waals surface area contributed by atoms with Crippen molar-refractivity contribution in [3.05, 3.63) is 28.4 Å². The van der Waals surface area contributed by atoms with E-state index in [4.69, 9.17) is 0 Å². The van der Waals surface area contributed by atoms with E-state index in [9.17, 15) is 9.18 Å². The summed E-state index contributed by atoms with van der Waals surface area (Å²) in [5, 5.41) is 3.10. The predicted molar refractivity (Wildman–Crippen MR) is 92.0 cm³/mol. The Morgan fingerprint density at radius 1 is 1.14 bits per heavy atom. The predicted octanol–water partition coefficient (Wildman–Crippen LogP) is 4.62. The van der Waals surface area contributed by atoms with Gasteiger partial charge in [-0.25, -0.2) is 0 Å². The SMILES string of the molecule is CC(C)Nc1ccc(F)n(C(C)(C)CC(C)(C)C(C)C)c1=O. The third-order valence-corrected chi connectivity index (χ3v) is 4.54. The van der Waals surface area contributed by atoms with Crippen LogP contribution in [0.2, 0.25) is 0 Å². The maximum Gasteiger partial charge on any atom is 0.276 e. The van der Waals surface area contributed by atoms with E-state index in [-0.39, 0.29) is 17.0 Å². The van der Waals surface area contributed by atoms with E-state index >= 15 is 0 Å². The number of pyridine rings is 1. The molecule has 22 heavy (non-hydrogen) atoms. The number of anilines is 1. The van der Waals surface area contributed by atoms with Gasteiger partial charge in [0, 0.05) is 11.6 Å². The molecule has 0 saturated heterocycles. The monoisotopic (exact) mass is 310 g/mol. The molecule has 0 spiro atoms. The molecule has 0 saturated carbocycles. The zero-order chi connectivity index (χ0) is 17.3. The number of rotatable bonds is 6. The molecular weight excluding hydrogens is 279 g/mol. The first kappa shape index (κ1) is 18.7. The minimum absolute atomic E-state index is 0.0108. The molecule has 1 rings (SSSR count). The number of halogens is 1. The lowest BCUT2D eigenvalue weighted by Crippen LogP contribution is -2.43. The number of hydrogen-bond acceptors (Lipinski definition) is 2.